The van der Waals surface area contributed by atoms with Gasteiger partial charge < -0.3 is 5.32 Å². The summed E-state index contributed by atoms with van der Waals surface area (Å²) in [5.41, 5.74) is 4.54. The van der Waals surface area contributed by atoms with Gasteiger partial charge >= 0.3 is 0 Å². The number of benzene rings is 2. The monoisotopic (exact) mass is 366 g/mol. The minimum absolute atomic E-state index is 0.0379. The third-order valence-corrected chi connectivity index (χ3v) is 6.45. The van der Waals surface area contributed by atoms with Gasteiger partial charge in [-0.25, -0.2) is 4.98 Å². The van der Waals surface area contributed by atoms with Gasteiger partial charge in [0, 0.05) is 15.8 Å². The van der Waals surface area contributed by atoms with Gasteiger partial charge in [-0.3, -0.25) is 4.79 Å². The number of thiazole rings is 1. The molecule has 2 heterocycles. The smallest absolute Gasteiger partial charge is 0.234 e. The Balaban J connectivity index is 1.36. The van der Waals surface area contributed by atoms with Crippen LogP contribution in [0.25, 0.3) is 10.6 Å². The van der Waals surface area contributed by atoms with Crippen molar-refractivity contribution in [1.82, 2.24) is 10.3 Å². The number of nitrogens with one attached hydrogen (secondary N) is 1. The van der Waals surface area contributed by atoms with Gasteiger partial charge in [0.25, 0.3) is 0 Å². The van der Waals surface area contributed by atoms with Gasteiger partial charge in [0.2, 0.25) is 5.91 Å². The molecule has 1 N–H and O–H groups in total. The Morgan fingerprint density at radius 3 is 2.92 bits per heavy atom. The number of amides is 1. The van der Waals surface area contributed by atoms with E-state index in [-0.39, 0.29) is 11.2 Å². The number of hydrogen-bond donors (Lipinski definition) is 1. The quantitative estimate of drug-likeness (QED) is 0.742. The lowest BCUT2D eigenvalue weighted by Crippen LogP contribution is -2.32. The van der Waals surface area contributed by atoms with Gasteiger partial charge in [-0.2, -0.15) is 0 Å². The molecule has 1 aliphatic rings. The molecule has 1 amide bonds. The first-order valence-corrected chi connectivity index (χ1v) is 9.99. The predicted octanol–water partition coefficient (Wildman–Crippen LogP) is 4.45. The molecule has 1 atom stereocenters. The molecule has 1 aliphatic heterocycles. The molecule has 0 bridgehead atoms. The van der Waals surface area contributed by atoms with E-state index in [9.17, 15) is 4.79 Å². The molecule has 0 saturated heterocycles. The van der Waals surface area contributed by atoms with Crippen molar-refractivity contribution in [1.29, 1.82) is 0 Å². The summed E-state index contributed by atoms with van der Waals surface area (Å²) in [5, 5.41) is 6.01. The SMILES string of the molecule is Cc1ccc2c(c1)SC(C(=O)NCc1csc(-c3ccccc3)n1)C2. The van der Waals surface area contributed by atoms with E-state index in [0.717, 1.165) is 22.7 Å². The van der Waals surface area contributed by atoms with Gasteiger partial charge in [-0.1, -0.05) is 48.0 Å². The Hall–Kier alpha value is -2.11. The first-order chi connectivity index (χ1) is 12.2. The number of nitrogens with zero attached hydrogens (tertiary/aromatic N) is 1. The second kappa shape index (κ2) is 7.02. The Bertz CT molecular complexity index is 905. The van der Waals surface area contributed by atoms with Gasteiger partial charge in [-0.15, -0.1) is 23.1 Å². The molecule has 5 heteroatoms. The molecular weight excluding hydrogens is 348 g/mol. The van der Waals surface area contributed by atoms with Crippen LogP contribution in [0.4, 0.5) is 0 Å². The number of hydrogen-bond acceptors (Lipinski definition) is 4. The van der Waals surface area contributed by atoms with Gasteiger partial charge in [-0.05, 0) is 25.0 Å². The van der Waals surface area contributed by atoms with Crippen molar-refractivity contribution in [3.05, 3.63) is 70.7 Å². The van der Waals surface area contributed by atoms with Crippen LogP contribution in [0.2, 0.25) is 0 Å². The lowest BCUT2D eigenvalue weighted by Gasteiger charge is -2.08. The average molecular weight is 367 g/mol. The van der Waals surface area contributed by atoms with E-state index in [1.807, 2.05) is 23.6 Å². The molecule has 0 spiro atoms. The zero-order chi connectivity index (χ0) is 17.2. The summed E-state index contributed by atoms with van der Waals surface area (Å²) in [6.07, 6.45) is 0.804. The Morgan fingerprint density at radius 1 is 1.24 bits per heavy atom. The lowest BCUT2D eigenvalue weighted by atomic mass is 10.1. The number of thioether (sulfide) groups is 1. The first-order valence-electron chi connectivity index (χ1n) is 8.23. The summed E-state index contributed by atoms with van der Waals surface area (Å²) < 4.78 is 0. The lowest BCUT2D eigenvalue weighted by molar-refractivity contribution is -0.120. The van der Waals surface area contributed by atoms with Crippen LogP contribution in [-0.4, -0.2) is 16.1 Å². The fraction of sp³-hybridized carbons (Fsp3) is 0.200. The van der Waals surface area contributed by atoms with Gasteiger partial charge in [0.05, 0.1) is 17.5 Å². The fourth-order valence-electron chi connectivity index (χ4n) is 2.87. The van der Waals surface area contributed by atoms with E-state index in [2.05, 4.69) is 47.6 Å². The van der Waals surface area contributed by atoms with E-state index >= 15 is 0 Å². The molecule has 4 rings (SSSR count). The molecule has 0 aliphatic carbocycles. The maximum absolute atomic E-state index is 12.5. The number of aromatic nitrogens is 1. The van der Waals surface area contributed by atoms with Crippen LogP contribution < -0.4 is 5.32 Å². The minimum Gasteiger partial charge on any atom is -0.349 e. The molecule has 25 heavy (non-hydrogen) atoms. The number of carbonyl (C=O) groups is 1. The van der Waals surface area contributed by atoms with Crippen LogP contribution in [0.5, 0.6) is 0 Å². The molecular formula is C20H18N2OS2. The van der Waals surface area contributed by atoms with E-state index in [1.54, 1.807) is 23.1 Å². The largest absolute Gasteiger partial charge is 0.349 e. The van der Waals surface area contributed by atoms with Crippen molar-refractivity contribution in [3.8, 4) is 10.6 Å². The molecule has 0 fully saturated rings. The van der Waals surface area contributed by atoms with E-state index in [4.69, 9.17) is 0 Å². The van der Waals surface area contributed by atoms with Gasteiger partial charge in [0.15, 0.2) is 0 Å². The number of aryl methyl sites for hydroxylation is 1. The summed E-state index contributed by atoms with van der Waals surface area (Å²) >= 11 is 3.28. The first kappa shape index (κ1) is 16.4. The predicted molar refractivity (Wildman–Crippen MR) is 104 cm³/mol. The zero-order valence-corrected chi connectivity index (χ0v) is 15.5. The van der Waals surface area contributed by atoms with Crippen LogP contribution in [0.1, 0.15) is 16.8 Å². The van der Waals surface area contributed by atoms with Crippen LogP contribution in [0, 0.1) is 6.92 Å². The topological polar surface area (TPSA) is 42.0 Å². The van der Waals surface area contributed by atoms with Crippen molar-refractivity contribution in [2.75, 3.05) is 0 Å². The number of carbonyl (C=O) groups excluding carboxylic acids is 1. The molecule has 0 saturated carbocycles. The van der Waals surface area contributed by atoms with E-state index < -0.39 is 0 Å². The molecule has 1 unspecified atom stereocenters. The van der Waals surface area contributed by atoms with Crippen molar-refractivity contribution < 1.29 is 4.79 Å². The third kappa shape index (κ3) is 3.62. The summed E-state index contributed by atoms with van der Waals surface area (Å²) in [6, 6.07) is 16.5. The van der Waals surface area contributed by atoms with Gasteiger partial charge in [0.1, 0.15) is 5.01 Å². The van der Waals surface area contributed by atoms with Crippen molar-refractivity contribution >= 4 is 29.0 Å². The van der Waals surface area contributed by atoms with Crippen molar-refractivity contribution in [3.63, 3.8) is 0 Å². The maximum atomic E-state index is 12.5. The van der Waals surface area contributed by atoms with E-state index in [1.165, 1.54) is 16.0 Å². The third-order valence-electron chi connectivity index (χ3n) is 4.21. The zero-order valence-electron chi connectivity index (χ0n) is 13.9. The summed E-state index contributed by atoms with van der Waals surface area (Å²) in [6.45, 7) is 2.56. The number of rotatable bonds is 4. The van der Waals surface area contributed by atoms with Crippen LogP contribution >= 0.6 is 23.1 Å². The molecule has 1 aromatic heterocycles. The highest BCUT2D eigenvalue weighted by Gasteiger charge is 2.28. The second-order valence-electron chi connectivity index (χ2n) is 6.15. The molecule has 2 aromatic carbocycles. The fourth-order valence-corrected chi connectivity index (χ4v) is 5.02. The Morgan fingerprint density at radius 2 is 2.08 bits per heavy atom. The van der Waals surface area contributed by atoms with Crippen LogP contribution in [-0.2, 0) is 17.8 Å². The van der Waals surface area contributed by atoms with Crippen LogP contribution in [0.15, 0.2) is 58.8 Å². The Labute approximate surface area is 155 Å². The highest BCUT2D eigenvalue weighted by Crippen LogP contribution is 2.37. The maximum Gasteiger partial charge on any atom is 0.234 e. The second-order valence-corrected chi connectivity index (χ2v) is 8.25. The summed E-state index contributed by atoms with van der Waals surface area (Å²) in [4.78, 5) is 18.4. The standard InChI is InChI=1S/C20H18N2OS2/c1-13-7-8-15-10-18(25-17(15)9-13)19(23)21-11-16-12-24-20(22-16)14-5-3-2-4-6-14/h2-9,12,18H,10-11H2,1H3,(H,21,23). The number of fused-ring (bicyclic) bond motifs is 1. The molecule has 0 radical (unpaired) electrons. The molecule has 126 valence electrons. The summed E-state index contributed by atoms with van der Waals surface area (Å²) in [5.74, 6) is 0.0908. The van der Waals surface area contributed by atoms with Crippen molar-refractivity contribution in [2.45, 2.75) is 30.0 Å². The normalized spacial score (nSPS) is 15.8. The highest BCUT2D eigenvalue weighted by atomic mass is 32.2. The minimum atomic E-state index is -0.0379. The molecule has 3 nitrogen and oxygen atoms in total. The highest BCUT2D eigenvalue weighted by molar-refractivity contribution is 8.01. The summed E-state index contributed by atoms with van der Waals surface area (Å²) in [7, 11) is 0. The molecule has 3 aromatic rings. The van der Waals surface area contributed by atoms with Crippen LogP contribution in [0.3, 0.4) is 0 Å². The Kier molecular flexibility index (Phi) is 4.59. The van der Waals surface area contributed by atoms with Crippen molar-refractivity contribution in [2.24, 2.45) is 0 Å². The average Bonchev–Trinajstić information content (AvgIpc) is 3.27. The van der Waals surface area contributed by atoms with E-state index in [0.29, 0.717) is 6.54 Å².